The molecular weight excluding hydrogens is 192 g/mol. The molecule has 0 saturated carbocycles. The molecule has 0 radical (unpaired) electrons. The van der Waals surface area contributed by atoms with Crippen LogP contribution in [-0.4, -0.2) is 8.07 Å². The number of hydrogen-bond acceptors (Lipinski definition) is 1. The highest BCUT2D eigenvalue weighted by Gasteiger charge is 2.33. The van der Waals surface area contributed by atoms with Crippen molar-refractivity contribution in [3.8, 4) is 0 Å². The van der Waals surface area contributed by atoms with Gasteiger partial charge in [-0.15, -0.1) is 0 Å². The molecule has 0 saturated heterocycles. The Kier molecular flexibility index (Phi) is 2.28. The molecular formula is C11H16SSi. The second-order valence-corrected chi connectivity index (χ2v) is 11.6. The zero-order chi connectivity index (χ0) is 9.47. The first-order valence-corrected chi connectivity index (χ1v) is 9.41. The van der Waals surface area contributed by atoms with Gasteiger partial charge in [-0.3, -0.25) is 0 Å². The van der Waals surface area contributed by atoms with E-state index in [4.69, 9.17) is 0 Å². The summed E-state index contributed by atoms with van der Waals surface area (Å²) in [6.07, 6.45) is 0. The van der Waals surface area contributed by atoms with E-state index in [1.807, 2.05) is 0 Å². The molecule has 0 amide bonds. The van der Waals surface area contributed by atoms with Crippen LogP contribution in [0.1, 0.15) is 16.0 Å². The highest BCUT2D eigenvalue weighted by atomic mass is 32.2. The molecule has 2 heteroatoms. The fourth-order valence-electron chi connectivity index (χ4n) is 1.90. The molecule has 0 nitrogen and oxygen atoms in total. The van der Waals surface area contributed by atoms with Crippen LogP contribution >= 0.6 is 11.8 Å². The molecule has 0 fully saturated rings. The van der Waals surface area contributed by atoms with E-state index in [1.165, 1.54) is 5.75 Å². The van der Waals surface area contributed by atoms with Gasteiger partial charge in [-0.25, -0.2) is 0 Å². The van der Waals surface area contributed by atoms with Crippen molar-refractivity contribution in [2.75, 3.05) is 0 Å². The average Bonchev–Trinajstić information content (AvgIpc) is 2.45. The Hall–Kier alpha value is -0.213. The van der Waals surface area contributed by atoms with Crippen LogP contribution in [0.25, 0.3) is 0 Å². The fraction of sp³-hybridized carbons (Fsp3) is 0.455. The summed E-state index contributed by atoms with van der Waals surface area (Å²) in [6.45, 7) is 7.40. The number of benzene rings is 1. The van der Waals surface area contributed by atoms with E-state index in [1.54, 1.807) is 11.1 Å². The van der Waals surface area contributed by atoms with E-state index in [0.717, 1.165) is 4.87 Å². The number of rotatable bonds is 1. The molecule has 0 bridgehead atoms. The predicted octanol–water partition coefficient (Wildman–Crippen LogP) is 3.85. The van der Waals surface area contributed by atoms with E-state index in [0.29, 0.717) is 0 Å². The lowest BCUT2D eigenvalue weighted by molar-refractivity contribution is 1.26. The molecule has 0 spiro atoms. The largest absolute Gasteiger partial charge is 0.152 e. The molecule has 1 heterocycles. The van der Waals surface area contributed by atoms with Crippen LogP contribution in [0.15, 0.2) is 24.3 Å². The Morgan fingerprint density at radius 3 is 2.62 bits per heavy atom. The van der Waals surface area contributed by atoms with Gasteiger partial charge in [0, 0.05) is 10.6 Å². The maximum absolute atomic E-state index is 2.47. The minimum atomic E-state index is -1.01. The van der Waals surface area contributed by atoms with Gasteiger partial charge >= 0.3 is 0 Å². The van der Waals surface area contributed by atoms with Gasteiger partial charge in [0.25, 0.3) is 0 Å². The van der Waals surface area contributed by atoms with Crippen LogP contribution in [0.5, 0.6) is 0 Å². The Balaban J connectivity index is 2.39. The fourth-order valence-corrected chi connectivity index (χ4v) is 6.38. The molecule has 1 aliphatic rings. The van der Waals surface area contributed by atoms with Crippen molar-refractivity contribution in [2.24, 2.45) is 0 Å². The quantitative estimate of drug-likeness (QED) is 0.632. The predicted molar refractivity (Wildman–Crippen MR) is 63.8 cm³/mol. The summed E-state index contributed by atoms with van der Waals surface area (Å²) in [7, 11) is -1.01. The Morgan fingerprint density at radius 1 is 1.23 bits per heavy atom. The summed E-state index contributed by atoms with van der Waals surface area (Å²) in [5, 5.41) is 0. The van der Waals surface area contributed by atoms with Gasteiger partial charge in [0.2, 0.25) is 0 Å². The van der Waals surface area contributed by atoms with Gasteiger partial charge in [0.1, 0.15) is 0 Å². The van der Waals surface area contributed by atoms with E-state index in [2.05, 4.69) is 55.7 Å². The van der Waals surface area contributed by atoms with E-state index >= 15 is 0 Å². The van der Waals surface area contributed by atoms with E-state index < -0.39 is 8.07 Å². The highest BCUT2D eigenvalue weighted by Crippen LogP contribution is 2.46. The molecule has 70 valence electrons. The molecule has 0 aromatic heterocycles. The van der Waals surface area contributed by atoms with Gasteiger partial charge < -0.3 is 0 Å². The molecule has 0 aliphatic carbocycles. The molecule has 0 N–H and O–H groups in total. The number of thioether (sulfide) groups is 1. The van der Waals surface area contributed by atoms with Crippen molar-refractivity contribution in [1.82, 2.24) is 0 Å². The average molecular weight is 208 g/mol. The van der Waals surface area contributed by atoms with E-state index in [9.17, 15) is 0 Å². The maximum atomic E-state index is 2.47. The zero-order valence-electron chi connectivity index (χ0n) is 8.50. The third-order valence-corrected chi connectivity index (χ3v) is 8.10. The van der Waals surface area contributed by atoms with Crippen molar-refractivity contribution in [1.29, 1.82) is 0 Å². The van der Waals surface area contributed by atoms with E-state index in [-0.39, 0.29) is 0 Å². The van der Waals surface area contributed by atoms with Crippen LogP contribution in [-0.2, 0) is 5.75 Å². The zero-order valence-corrected chi connectivity index (χ0v) is 10.3. The minimum absolute atomic E-state index is 0.823. The summed E-state index contributed by atoms with van der Waals surface area (Å²) in [5.41, 5.74) is 3.19. The molecule has 2 rings (SSSR count). The molecule has 0 unspecified atom stereocenters. The summed E-state index contributed by atoms with van der Waals surface area (Å²) in [4.78, 5) is 0.823. The Labute approximate surface area is 85.8 Å². The second-order valence-electron chi connectivity index (χ2n) is 4.76. The summed E-state index contributed by atoms with van der Waals surface area (Å²) >= 11 is 2.14. The van der Waals surface area contributed by atoms with Crippen molar-refractivity contribution < 1.29 is 0 Å². The summed E-state index contributed by atoms with van der Waals surface area (Å²) in [6, 6.07) is 8.94. The molecule has 1 aromatic carbocycles. The SMILES string of the molecule is C[Si](C)(C)[C@@H]1SCc2ccccc21. The van der Waals surface area contributed by atoms with Crippen molar-refractivity contribution in [3.63, 3.8) is 0 Å². The van der Waals surface area contributed by atoms with Gasteiger partial charge in [-0.2, -0.15) is 11.8 Å². The molecule has 1 atom stereocenters. The lowest BCUT2D eigenvalue weighted by atomic mass is 10.1. The molecule has 13 heavy (non-hydrogen) atoms. The Morgan fingerprint density at radius 2 is 1.92 bits per heavy atom. The monoisotopic (exact) mass is 208 g/mol. The van der Waals surface area contributed by atoms with Crippen molar-refractivity contribution in [3.05, 3.63) is 35.4 Å². The summed E-state index contributed by atoms with van der Waals surface area (Å²) in [5.74, 6) is 1.23. The summed E-state index contributed by atoms with van der Waals surface area (Å²) < 4.78 is 0. The maximum Gasteiger partial charge on any atom is 0.0643 e. The van der Waals surface area contributed by atoms with Crippen LogP contribution in [0.3, 0.4) is 0 Å². The first-order valence-electron chi connectivity index (χ1n) is 4.78. The third kappa shape index (κ3) is 1.70. The van der Waals surface area contributed by atoms with Crippen LogP contribution in [0.2, 0.25) is 19.6 Å². The lowest BCUT2D eigenvalue weighted by Gasteiger charge is -2.24. The molecule has 1 aliphatic heterocycles. The van der Waals surface area contributed by atoms with Gasteiger partial charge in [0.15, 0.2) is 0 Å². The topological polar surface area (TPSA) is 0 Å². The standard InChI is InChI=1S/C11H16SSi/c1-13(2,3)11-10-7-5-4-6-9(10)8-12-11/h4-7,11H,8H2,1-3H3/t11-/m0/s1. The first kappa shape index (κ1) is 9.35. The lowest BCUT2D eigenvalue weighted by Crippen LogP contribution is -2.27. The highest BCUT2D eigenvalue weighted by molar-refractivity contribution is 8.00. The van der Waals surface area contributed by atoms with Crippen LogP contribution in [0, 0.1) is 0 Å². The smallest absolute Gasteiger partial charge is 0.0643 e. The van der Waals surface area contributed by atoms with Crippen LogP contribution < -0.4 is 0 Å². The van der Waals surface area contributed by atoms with Gasteiger partial charge in [-0.05, 0) is 11.1 Å². The number of fused-ring (bicyclic) bond motifs is 1. The number of hydrogen-bond donors (Lipinski definition) is 0. The Bertz CT molecular complexity index is 314. The normalized spacial score (nSPS) is 21.6. The molecule has 1 aromatic rings. The third-order valence-electron chi connectivity index (χ3n) is 2.53. The van der Waals surface area contributed by atoms with Crippen molar-refractivity contribution in [2.45, 2.75) is 30.3 Å². The van der Waals surface area contributed by atoms with Crippen LogP contribution in [0.4, 0.5) is 0 Å². The van der Waals surface area contributed by atoms with Crippen molar-refractivity contribution >= 4 is 19.8 Å². The van der Waals surface area contributed by atoms with Gasteiger partial charge in [-0.1, -0.05) is 43.9 Å². The first-order chi connectivity index (χ1) is 6.09. The minimum Gasteiger partial charge on any atom is -0.152 e. The van der Waals surface area contributed by atoms with Gasteiger partial charge in [0.05, 0.1) is 8.07 Å². The second kappa shape index (κ2) is 3.17.